The Bertz CT molecular complexity index is 781. The minimum Gasteiger partial charge on any atom is -0.490 e. The van der Waals surface area contributed by atoms with Crippen LogP contribution in [0, 0.1) is 5.92 Å². The molecule has 2 aromatic rings. The van der Waals surface area contributed by atoms with Crippen LogP contribution >= 0.6 is 24.0 Å². The molecule has 1 aromatic carbocycles. The molecule has 0 aliphatic heterocycles. The Morgan fingerprint density at radius 3 is 2.62 bits per heavy atom. The quantitative estimate of drug-likeness (QED) is 0.275. The molecule has 29 heavy (non-hydrogen) atoms. The topological polar surface area (TPSA) is 67.8 Å². The summed E-state index contributed by atoms with van der Waals surface area (Å²) in [6.45, 7) is 7.09. The zero-order valence-corrected chi connectivity index (χ0v) is 19.5. The Balaban J connectivity index is 0.00000300. The van der Waals surface area contributed by atoms with Gasteiger partial charge in [-0.05, 0) is 50.3 Å². The molecule has 0 bridgehead atoms. The molecule has 1 fully saturated rings. The average molecular weight is 510 g/mol. The lowest BCUT2D eigenvalue weighted by Crippen LogP contribution is -2.38. The van der Waals surface area contributed by atoms with Gasteiger partial charge in [-0.2, -0.15) is 0 Å². The van der Waals surface area contributed by atoms with E-state index in [0.717, 1.165) is 42.7 Å². The summed E-state index contributed by atoms with van der Waals surface area (Å²) in [6.07, 6.45) is 5.30. The molecule has 1 aliphatic carbocycles. The zero-order chi connectivity index (χ0) is 19.6. The number of rotatable bonds is 10. The summed E-state index contributed by atoms with van der Waals surface area (Å²) in [7, 11) is 0. The number of hydrogen-bond acceptors (Lipinski definition) is 4. The maximum atomic E-state index is 6.09. The lowest BCUT2D eigenvalue weighted by Gasteiger charge is -2.14. The number of guanidine groups is 1. The maximum Gasteiger partial charge on any atom is 0.224 e. The predicted molar refractivity (Wildman–Crippen MR) is 127 cm³/mol. The van der Waals surface area contributed by atoms with Crippen molar-refractivity contribution in [3.8, 4) is 17.4 Å². The SMILES string of the molecule is CCCOc1ccccc1Oc1ncccc1CN=C(NCC)NCC1CC1.I. The molecule has 7 heteroatoms. The first-order valence-corrected chi connectivity index (χ1v) is 10.2. The van der Waals surface area contributed by atoms with Crippen LogP contribution in [0.1, 0.15) is 38.7 Å². The van der Waals surface area contributed by atoms with E-state index in [4.69, 9.17) is 14.5 Å². The van der Waals surface area contributed by atoms with Crippen molar-refractivity contribution in [3.63, 3.8) is 0 Å². The molecule has 1 heterocycles. The van der Waals surface area contributed by atoms with E-state index in [9.17, 15) is 0 Å². The highest BCUT2D eigenvalue weighted by molar-refractivity contribution is 14.0. The van der Waals surface area contributed by atoms with Crippen molar-refractivity contribution in [1.29, 1.82) is 0 Å². The van der Waals surface area contributed by atoms with Crippen molar-refractivity contribution in [2.75, 3.05) is 19.7 Å². The molecule has 0 atom stereocenters. The Morgan fingerprint density at radius 2 is 1.90 bits per heavy atom. The minimum absolute atomic E-state index is 0. The third-order valence-electron chi connectivity index (χ3n) is 4.37. The molecule has 0 unspecified atom stereocenters. The number of para-hydroxylation sites is 2. The van der Waals surface area contributed by atoms with E-state index in [1.54, 1.807) is 6.20 Å². The molecule has 0 saturated heterocycles. The van der Waals surface area contributed by atoms with Gasteiger partial charge in [-0.25, -0.2) is 9.98 Å². The highest BCUT2D eigenvalue weighted by atomic mass is 127. The molecule has 158 valence electrons. The molecule has 0 spiro atoms. The molecule has 6 nitrogen and oxygen atoms in total. The number of nitrogens with one attached hydrogen (secondary N) is 2. The van der Waals surface area contributed by atoms with Gasteiger partial charge in [-0.1, -0.05) is 25.1 Å². The van der Waals surface area contributed by atoms with Gasteiger partial charge in [0.2, 0.25) is 5.88 Å². The van der Waals surface area contributed by atoms with Gasteiger partial charge in [0.15, 0.2) is 17.5 Å². The van der Waals surface area contributed by atoms with Crippen molar-refractivity contribution >= 4 is 29.9 Å². The smallest absolute Gasteiger partial charge is 0.224 e. The standard InChI is InChI=1S/C22H30N4O2.HI/c1-3-14-27-19-9-5-6-10-20(19)28-21-18(8-7-13-24-21)16-26-22(23-4-2)25-15-17-11-12-17;/h5-10,13,17H,3-4,11-12,14-16H2,1-2H3,(H2,23,25,26);1H. The van der Waals surface area contributed by atoms with Crippen molar-refractivity contribution < 1.29 is 9.47 Å². The van der Waals surface area contributed by atoms with E-state index in [1.165, 1.54) is 12.8 Å². The second-order valence-corrected chi connectivity index (χ2v) is 6.88. The summed E-state index contributed by atoms with van der Waals surface area (Å²) in [6, 6.07) is 11.6. The van der Waals surface area contributed by atoms with E-state index in [1.807, 2.05) is 36.4 Å². The Hall–Kier alpha value is -2.03. The highest BCUT2D eigenvalue weighted by Gasteiger charge is 2.21. The molecule has 3 rings (SSSR count). The second kappa shape index (κ2) is 12.5. The Labute approximate surface area is 190 Å². The number of hydrogen-bond donors (Lipinski definition) is 2. The fourth-order valence-electron chi connectivity index (χ4n) is 2.68. The van der Waals surface area contributed by atoms with Gasteiger partial charge in [0.1, 0.15) is 0 Å². The van der Waals surface area contributed by atoms with Gasteiger partial charge < -0.3 is 20.1 Å². The molecule has 0 amide bonds. The van der Waals surface area contributed by atoms with Crippen molar-refractivity contribution in [2.45, 2.75) is 39.7 Å². The summed E-state index contributed by atoms with van der Waals surface area (Å²) >= 11 is 0. The molecule has 0 radical (unpaired) electrons. The van der Waals surface area contributed by atoms with E-state index in [2.05, 4.69) is 29.5 Å². The van der Waals surface area contributed by atoms with Crippen LogP contribution in [0.15, 0.2) is 47.6 Å². The summed E-state index contributed by atoms with van der Waals surface area (Å²) in [5.74, 6) is 3.57. The van der Waals surface area contributed by atoms with Gasteiger partial charge in [0.05, 0.1) is 13.2 Å². The number of nitrogens with zero attached hydrogens (tertiary/aromatic N) is 2. The second-order valence-electron chi connectivity index (χ2n) is 6.88. The molecule has 1 aromatic heterocycles. The first-order valence-electron chi connectivity index (χ1n) is 10.2. The van der Waals surface area contributed by atoms with Crippen molar-refractivity contribution in [1.82, 2.24) is 15.6 Å². The number of ether oxygens (including phenoxy) is 2. The number of benzene rings is 1. The first kappa shape index (κ1) is 23.3. The first-order chi connectivity index (χ1) is 13.8. The highest BCUT2D eigenvalue weighted by Crippen LogP contribution is 2.32. The lowest BCUT2D eigenvalue weighted by atomic mass is 10.2. The fraction of sp³-hybridized carbons (Fsp3) is 0.455. The summed E-state index contributed by atoms with van der Waals surface area (Å²) in [5.41, 5.74) is 0.927. The monoisotopic (exact) mass is 510 g/mol. The molecular weight excluding hydrogens is 479 g/mol. The third-order valence-corrected chi connectivity index (χ3v) is 4.37. The van der Waals surface area contributed by atoms with Crippen LogP contribution in [0.3, 0.4) is 0 Å². The fourth-order valence-corrected chi connectivity index (χ4v) is 2.68. The van der Waals surface area contributed by atoms with E-state index < -0.39 is 0 Å². The van der Waals surface area contributed by atoms with Gasteiger partial charge in [0.25, 0.3) is 0 Å². The number of aromatic nitrogens is 1. The van der Waals surface area contributed by atoms with Gasteiger partial charge in [-0.3, -0.25) is 0 Å². The molecular formula is C22H31IN4O2. The average Bonchev–Trinajstić information content (AvgIpc) is 3.55. The van der Waals surface area contributed by atoms with Crippen molar-refractivity contribution in [2.24, 2.45) is 10.9 Å². The summed E-state index contributed by atoms with van der Waals surface area (Å²) < 4.78 is 11.9. The number of halogens is 1. The third kappa shape index (κ3) is 7.72. The Morgan fingerprint density at radius 1 is 1.10 bits per heavy atom. The van der Waals surface area contributed by atoms with Crippen LogP contribution in [0.2, 0.25) is 0 Å². The Kier molecular flexibility index (Phi) is 10.0. The predicted octanol–water partition coefficient (Wildman–Crippen LogP) is 4.75. The largest absolute Gasteiger partial charge is 0.490 e. The van der Waals surface area contributed by atoms with Crippen LogP contribution in [-0.2, 0) is 6.54 Å². The molecule has 1 aliphatic rings. The van der Waals surface area contributed by atoms with E-state index in [-0.39, 0.29) is 24.0 Å². The molecule has 1 saturated carbocycles. The van der Waals surface area contributed by atoms with Gasteiger partial charge >= 0.3 is 0 Å². The number of aliphatic imine (C=N–C) groups is 1. The van der Waals surface area contributed by atoms with Gasteiger partial charge in [0, 0.05) is 24.8 Å². The molecule has 2 N–H and O–H groups in total. The van der Waals surface area contributed by atoms with Crippen LogP contribution < -0.4 is 20.1 Å². The summed E-state index contributed by atoms with van der Waals surface area (Å²) in [5, 5.41) is 6.71. The maximum absolute atomic E-state index is 6.09. The number of pyridine rings is 1. The minimum atomic E-state index is 0. The van der Waals surface area contributed by atoms with Crippen LogP contribution in [0.25, 0.3) is 0 Å². The normalized spacial score (nSPS) is 13.4. The van der Waals surface area contributed by atoms with Crippen molar-refractivity contribution in [3.05, 3.63) is 48.2 Å². The van der Waals surface area contributed by atoms with E-state index in [0.29, 0.717) is 24.8 Å². The van der Waals surface area contributed by atoms with Gasteiger partial charge in [-0.15, -0.1) is 24.0 Å². The van der Waals surface area contributed by atoms with Crippen LogP contribution in [-0.4, -0.2) is 30.6 Å². The summed E-state index contributed by atoms with van der Waals surface area (Å²) in [4.78, 5) is 9.12. The van der Waals surface area contributed by atoms with Crippen LogP contribution in [0.5, 0.6) is 17.4 Å². The van der Waals surface area contributed by atoms with E-state index >= 15 is 0 Å². The lowest BCUT2D eigenvalue weighted by molar-refractivity contribution is 0.300. The zero-order valence-electron chi connectivity index (χ0n) is 17.2. The van der Waals surface area contributed by atoms with Crippen LogP contribution in [0.4, 0.5) is 0 Å².